The average molecular weight is 260 g/mol. The molecular formula is C13H24O3S. The van der Waals surface area contributed by atoms with Crippen LogP contribution < -0.4 is 0 Å². The van der Waals surface area contributed by atoms with E-state index in [0.717, 1.165) is 0 Å². The normalized spacial score (nSPS) is 14.5. The SMILES string of the molecule is CC(C)(C)CC(=O)C(CSC(C)(C)C)C(=O)O. The van der Waals surface area contributed by atoms with E-state index in [-0.39, 0.29) is 15.9 Å². The maximum absolute atomic E-state index is 11.9. The van der Waals surface area contributed by atoms with Gasteiger partial charge >= 0.3 is 5.97 Å². The zero-order valence-corrected chi connectivity index (χ0v) is 12.5. The van der Waals surface area contributed by atoms with Crippen molar-refractivity contribution < 1.29 is 14.7 Å². The first kappa shape index (κ1) is 16.5. The van der Waals surface area contributed by atoms with E-state index in [2.05, 4.69) is 0 Å². The minimum atomic E-state index is -1.00. The summed E-state index contributed by atoms with van der Waals surface area (Å²) >= 11 is 1.52. The predicted molar refractivity (Wildman–Crippen MR) is 72.4 cm³/mol. The molecule has 0 saturated heterocycles. The van der Waals surface area contributed by atoms with Gasteiger partial charge in [0.2, 0.25) is 0 Å². The molecule has 0 radical (unpaired) electrons. The average Bonchev–Trinajstić information content (AvgIpc) is 1.96. The quantitative estimate of drug-likeness (QED) is 0.771. The molecule has 0 aliphatic carbocycles. The molecule has 0 aliphatic rings. The Morgan fingerprint density at radius 3 is 1.88 bits per heavy atom. The van der Waals surface area contributed by atoms with E-state index in [4.69, 9.17) is 5.11 Å². The molecule has 1 N–H and O–H groups in total. The van der Waals surface area contributed by atoms with E-state index in [1.807, 2.05) is 41.5 Å². The van der Waals surface area contributed by atoms with Gasteiger partial charge in [-0.05, 0) is 5.41 Å². The van der Waals surface area contributed by atoms with Crippen molar-refractivity contribution in [3.63, 3.8) is 0 Å². The van der Waals surface area contributed by atoms with Crippen LogP contribution in [0.1, 0.15) is 48.0 Å². The molecule has 0 aromatic rings. The van der Waals surface area contributed by atoms with Crippen molar-refractivity contribution in [2.24, 2.45) is 11.3 Å². The van der Waals surface area contributed by atoms with Crippen molar-refractivity contribution in [2.75, 3.05) is 5.75 Å². The molecule has 1 atom stereocenters. The van der Waals surface area contributed by atoms with Crippen LogP contribution in [-0.2, 0) is 9.59 Å². The number of carbonyl (C=O) groups is 2. The minimum Gasteiger partial charge on any atom is -0.481 e. The van der Waals surface area contributed by atoms with Crippen LogP contribution in [0.4, 0.5) is 0 Å². The molecule has 0 fully saturated rings. The highest BCUT2D eigenvalue weighted by molar-refractivity contribution is 8.00. The summed E-state index contributed by atoms with van der Waals surface area (Å²) in [7, 11) is 0. The first-order chi connectivity index (χ1) is 7.42. The fraction of sp³-hybridized carbons (Fsp3) is 0.846. The summed E-state index contributed by atoms with van der Waals surface area (Å²) in [6, 6.07) is 0. The molecule has 17 heavy (non-hydrogen) atoms. The Morgan fingerprint density at radius 2 is 1.59 bits per heavy atom. The zero-order valence-electron chi connectivity index (χ0n) is 11.7. The molecule has 0 rings (SSSR count). The van der Waals surface area contributed by atoms with Crippen molar-refractivity contribution in [1.82, 2.24) is 0 Å². The van der Waals surface area contributed by atoms with Crippen molar-refractivity contribution in [3.8, 4) is 0 Å². The fourth-order valence-electron chi connectivity index (χ4n) is 1.28. The lowest BCUT2D eigenvalue weighted by Gasteiger charge is -2.23. The van der Waals surface area contributed by atoms with Crippen LogP contribution in [0, 0.1) is 11.3 Å². The van der Waals surface area contributed by atoms with Crippen molar-refractivity contribution in [1.29, 1.82) is 0 Å². The Kier molecular flexibility index (Phi) is 5.72. The van der Waals surface area contributed by atoms with Crippen LogP contribution >= 0.6 is 11.8 Å². The Balaban J connectivity index is 4.54. The highest BCUT2D eigenvalue weighted by atomic mass is 32.2. The Hall–Kier alpha value is -0.510. The van der Waals surface area contributed by atoms with Gasteiger partial charge in [-0.3, -0.25) is 9.59 Å². The smallest absolute Gasteiger partial charge is 0.314 e. The van der Waals surface area contributed by atoms with Crippen LogP contribution in [0.5, 0.6) is 0 Å². The number of carbonyl (C=O) groups excluding carboxylic acids is 1. The molecule has 0 aromatic carbocycles. The first-order valence-electron chi connectivity index (χ1n) is 5.82. The van der Waals surface area contributed by atoms with Gasteiger partial charge in [-0.25, -0.2) is 0 Å². The first-order valence-corrected chi connectivity index (χ1v) is 6.80. The summed E-state index contributed by atoms with van der Waals surface area (Å²) in [5.41, 5.74) is -0.156. The van der Waals surface area contributed by atoms with E-state index in [1.54, 1.807) is 0 Å². The third-order valence-electron chi connectivity index (χ3n) is 2.07. The predicted octanol–water partition coefficient (Wildman–Crippen LogP) is 3.22. The lowest BCUT2D eigenvalue weighted by Crippen LogP contribution is -2.30. The molecule has 3 nitrogen and oxygen atoms in total. The zero-order chi connectivity index (χ0) is 13.9. The van der Waals surface area contributed by atoms with Crippen molar-refractivity contribution in [3.05, 3.63) is 0 Å². The summed E-state index contributed by atoms with van der Waals surface area (Å²) in [6.45, 7) is 11.9. The third-order valence-corrected chi connectivity index (χ3v) is 3.44. The largest absolute Gasteiger partial charge is 0.481 e. The van der Waals surface area contributed by atoms with Gasteiger partial charge in [0.25, 0.3) is 0 Å². The highest BCUT2D eigenvalue weighted by Gasteiger charge is 2.30. The van der Waals surface area contributed by atoms with Crippen LogP contribution in [0.3, 0.4) is 0 Å². The third kappa shape index (κ3) is 8.25. The second-order valence-corrected chi connectivity index (χ2v) is 8.36. The Morgan fingerprint density at radius 1 is 1.12 bits per heavy atom. The van der Waals surface area contributed by atoms with Gasteiger partial charge < -0.3 is 5.11 Å². The number of aliphatic carboxylic acids is 1. The van der Waals surface area contributed by atoms with Gasteiger partial charge in [-0.1, -0.05) is 41.5 Å². The Labute approximate surface area is 108 Å². The number of hydrogen-bond acceptors (Lipinski definition) is 3. The van der Waals surface area contributed by atoms with E-state index < -0.39 is 11.9 Å². The van der Waals surface area contributed by atoms with E-state index in [0.29, 0.717) is 12.2 Å². The fourth-order valence-corrected chi connectivity index (χ4v) is 2.28. The molecule has 0 amide bonds. The van der Waals surface area contributed by atoms with Gasteiger partial charge in [0.1, 0.15) is 11.7 Å². The molecule has 0 bridgehead atoms. The molecule has 0 saturated carbocycles. The van der Waals surface area contributed by atoms with Gasteiger partial charge in [0.05, 0.1) is 0 Å². The van der Waals surface area contributed by atoms with Crippen LogP contribution in [-0.4, -0.2) is 27.4 Å². The summed E-state index contributed by atoms with van der Waals surface area (Å²) in [5, 5.41) is 9.10. The van der Waals surface area contributed by atoms with Crippen LogP contribution in [0.15, 0.2) is 0 Å². The number of Topliss-reactive ketones (excluding diaryl/α,β-unsaturated/α-hetero) is 1. The molecule has 4 heteroatoms. The molecule has 0 spiro atoms. The number of carboxylic acid groups (broad SMARTS) is 1. The molecule has 0 heterocycles. The van der Waals surface area contributed by atoms with Crippen molar-refractivity contribution in [2.45, 2.75) is 52.7 Å². The molecular weight excluding hydrogens is 236 g/mol. The number of carboxylic acids is 1. The van der Waals surface area contributed by atoms with E-state index >= 15 is 0 Å². The second-order valence-electron chi connectivity index (χ2n) is 6.52. The van der Waals surface area contributed by atoms with E-state index in [1.165, 1.54) is 11.8 Å². The summed E-state index contributed by atoms with van der Waals surface area (Å²) < 4.78 is -0.0181. The van der Waals surface area contributed by atoms with Gasteiger partial charge in [-0.2, -0.15) is 11.8 Å². The van der Waals surface area contributed by atoms with Crippen LogP contribution in [0.25, 0.3) is 0 Å². The number of rotatable bonds is 5. The maximum Gasteiger partial charge on any atom is 0.314 e. The number of thioether (sulfide) groups is 1. The minimum absolute atomic E-state index is 0.0181. The van der Waals surface area contributed by atoms with E-state index in [9.17, 15) is 9.59 Å². The molecule has 0 aliphatic heterocycles. The summed E-state index contributed by atoms with van der Waals surface area (Å²) in [5.74, 6) is -1.69. The highest BCUT2D eigenvalue weighted by Crippen LogP contribution is 2.28. The number of hydrogen-bond donors (Lipinski definition) is 1. The molecule has 100 valence electrons. The lowest BCUT2D eigenvalue weighted by atomic mass is 9.86. The topological polar surface area (TPSA) is 54.4 Å². The lowest BCUT2D eigenvalue weighted by molar-refractivity contribution is -0.145. The maximum atomic E-state index is 11.9. The molecule has 0 aromatic heterocycles. The van der Waals surface area contributed by atoms with Gasteiger partial charge in [0, 0.05) is 16.9 Å². The monoisotopic (exact) mass is 260 g/mol. The second kappa shape index (κ2) is 5.89. The molecule has 1 unspecified atom stereocenters. The summed E-state index contributed by atoms with van der Waals surface area (Å²) in [4.78, 5) is 23.0. The Bertz CT molecular complexity index is 284. The van der Waals surface area contributed by atoms with Crippen LogP contribution in [0.2, 0.25) is 0 Å². The standard InChI is InChI=1S/C13H24O3S/c1-12(2,3)7-10(14)9(11(15)16)8-17-13(4,5)6/h9H,7-8H2,1-6H3,(H,15,16). The van der Waals surface area contributed by atoms with Gasteiger partial charge in [-0.15, -0.1) is 0 Å². The van der Waals surface area contributed by atoms with Crippen molar-refractivity contribution >= 4 is 23.5 Å². The van der Waals surface area contributed by atoms with Gasteiger partial charge in [0.15, 0.2) is 0 Å². The number of ketones is 1. The summed E-state index contributed by atoms with van der Waals surface area (Å²) in [6.07, 6.45) is 0.314.